The van der Waals surface area contributed by atoms with Crippen LogP contribution in [0.5, 0.6) is 0 Å². The summed E-state index contributed by atoms with van der Waals surface area (Å²) in [5.41, 5.74) is 0. The monoisotopic (exact) mass is 293 g/mol. The molecule has 0 saturated heterocycles. The molecular weight excluding hydrogens is 265 g/mol. The molecular formula is C15H28NNaO3. The van der Waals surface area contributed by atoms with Gasteiger partial charge in [-0.25, -0.2) is 0 Å². The molecule has 0 rings (SSSR count). The first kappa shape index (κ1) is 22.2. The van der Waals surface area contributed by atoms with Gasteiger partial charge in [0.05, 0.1) is 12.0 Å². The van der Waals surface area contributed by atoms with Crippen molar-refractivity contribution in [1.82, 2.24) is 5.32 Å². The number of unbranched alkanes of at least 4 members (excludes halogenated alkanes) is 8. The van der Waals surface area contributed by atoms with Gasteiger partial charge in [0.15, 0.2) is 0 Å². The summed E-state index contributed by atoms with van der Waals surface area (Å²) in [6.45, 7) is 3.63. The molecule has 0 saturated carbocycles. The van der Waals surface area contributed by atoms with Gasteiger partial charge >= 0.3 is 29.6 Å². The van der Waals surface area contributed by atoms with E-state index in [1.54, 1.807) is 0 Å². The maximum absolute atomic E-state index is 11.4. The van der Waals surface area contributed by atoms with Crippen molar-refractivity contribution in [1.29, 1.82) is 0 Å². The minimum absolute atomic E-state index is 0. The standard InChI is InChI=1S/C15H29NO3.Na/c1-3-4-5-6-7-8-9-10-11-12-14(17)16-13(2)15(18)19;/h13H,3-12H2,1-2H3,(H,16,17)(H,18,19);/q;+1/p-1. The molecule has 5 heteroatoms. The number of rotatable bonds is 12. The Labute approximate surface area is 145 Å². The molecule has 0 aromatic heterocycles. The average molecular weight is 293 g/mol. The van der Waals surface area contributed by atoms with Gasteiger partial charge in [0.25, 0.3) is 0 Å². The molecule has 4 nitrogen and oxygen atoms in total. The van der Waals surface area contributed by atoms with E-state index >= 15 is 0 Å². The fourth-order valence-electron chi connectivity index (χ4n) is 1.97. The molecule has 0 aromatic carbocycles. The summed E-state index contributed by atoms with van der Waals surface area (Å²) < 4.78 is 0. The summed E-state index contributed by atoms with van der Waals surface area (Å²) in [6.07, 6.45) is 11.2. The summed E-state index contributed by atoms with van der Waals surface area (Å²) in [4.78, 5) is 21.8. The summed E-state index contributed by atoms with van der Waals surface area (Å²) in [6, 6.07) is -0.897. The molecule has 0 aromatic rings. The van der Waals surface area contributed by atoms with E-state index in [1.807, 2.05) is 0 Å². The van der Waals surface area contributed by atoms with Crippen LogP contribution in [0.25, 0.3) is 0 Å². The van der Waals surface area contributed by atoms with Crippen LogP contribution in [0.3, 0.4) is 0 Å². The van der Waals surface area contributed by atoms with Gasteiger partial charge in [-0.1, -0.05) is 58.3 Å². The van der Waals surface area contributed by atoms with Gasteiger partial charge in [0.1, 0.15) is 0 Å². The largest absolute Gasteiger partial charge is 1.00 e. The molecule has 1 amide bonds. The second-order valence-electron chi connectivity index (χ2n) is 5.19. The van der Waals surface area contributed by atoms with Crippen LogP contribution < -0.4 is 40.0 Å². The Morgan fingerprint density at radius 1 is 0.950 bits per heavy atom. The van der Waals surface area contributed by atoms with Crippen molar-refractivity contribution in [3.05, 3.63) is 0 Å². The third-order valence-corrected chi connectivity index (χ3v) is 3.24. The van der Waals surface area contributed by atoms with E-state index in [9.17, 15) is 14.7 Å². The van der Waals surface area contributed by atoms with Gasteiger partial charge in [-0.05, 0) is 13.3 Å². The first-order valence-electron chi connectivity index (χ1n) is 7.58. The number of carboxylic acid groups (broad SMARTS) is 1. The predicted octanol–water partition coefficient (Wildman–Crippen LogP) is -0.834. The van der Waals surface area contributed by atoms with E-state index in [0.717, 1.165) is 19.3 Å². The zero-order valence-electron chi connectivity index (χ0n) is 13.4. The van der Waals surface area contributed by atoms with E-state index in [4.69, 9.17) is 0 Å². The Morgan fingerprint density at radius 2 is 1.40 bits per heavy atom. The third-order valence-electron chi connectivity index (χ3n) is 3.24. The van der Waals surface area contributed by atoms with Crippen LogP contribution >= 0.6 is 0 Å². The van der Waals surface area contributed by atoms with Crippen LogP contribution in [0.15, 0.2) is 0 Å². The number of carbonyl (C=O) groups excluding carboxylic acids is 2. The van der Waals surface area contributed by atoms with Crippen molar-refractivity contribution in [2.24, 2.45) is 0 Å². The van der Waals surface area contributed by atoms with Crippen LogP contribution in [-0.4, -0.2) is 17.9 Å². The summed E-state index contributed by atoms with van der Waals surface area (Å²) in [7, 11) is 0. The molecule has 20 heavy (non-hydrogen) atoms. The topological polar surface area (TPSA) is 69.2 Å². The van der Waals surface area contributed by atoms with Gasteiger partial charge in [0, 0.05) is 6.42 Å². The number of amides is 1. The van der Waals surface area contributed by atoms with Gasteiger partial charge in [-0.15, -0.1) is 0 Å². The van der Waals surface area contributed by atoms with E-state index in [1.165, 1.54) is 45.4 Å². The fourth-order valence-corrected chi connectivity index (χ4v) is 1.97. The van der Waals surface area contributed by atoms with Gasteiger partial charge in [-0.2, -0.15) is 0 Å². The minimum atomic E-state index is -1.24. The van der Waals surface area contributed by atoms with Crippen molar-refractivity contribution >= 4 is 11.9 Å². The van der Waals surface area contributed by atoms with Crippen LogP contribution in [0.4, 0.5) is 0 Å². The molecule has 0 aliphatic heterocycles. The fraction of sp³-hybridized carbons (Fsp3) is 0.867. The predicted molar refractivity (Wildman–Crippen MR) is 74.5 cm³/mol. The number of hydrogen-bond donors (Lipinski definition) is 1. The molecule has 0 heterocycles. The minimum Gasteiger partial charge on any atom is -0.548 e. The Bertz CT molecular complexity index is 260. The first-order valence-corrected chi connectivity index (χ1v) is 7.58. The van der Waals surface area contributed by atoms with Crippen LogP contribution in [0.2, 0.25) is 0 Å². The second kappa shape index (κ2) is 15.3. The Kier molecular flexibility index (Phi) is 17.0. The summed E-state index contributed by atoms with van der Waals surface area (Å²) in [5.74, 6) is -1.43. The van der Waals surface area contributed by atoms with Crippen molar-refractivity contribution in [3.8, 4) is 0 Å². The molecule has 0 radical (unpaired) electrons. The molecule has 112 valence electrons. The molecule has 1 unspecified atom stereocenters. The Morgan fingerprint density at radius 3 is 1.85 bits per heavy atom. The van der Waals surface area contributed by atoms with Crippen molar-refractivity contribution in [2.45, 2.75) is 84.1 Å². The van der Waals surface area contributed by atoms with E-state index in [-0.39, 0.29) is 35.5 Å². The summed E-state index contributed by atoms with van der Waals surface area (Å²) in [5, 5.41) is 12.8. The van der Waals surface area contributed by atoms with Crippen molar-refractivity contribution in [3.63, 3.8) is 0 Å². The quantitative estimate of drug-likeness (QED) is 0.377. The second-order valence-corrected chi connectivity index (χ2v) is 5.19. The smallest absolute Gasteiger partial charge is 0.548 e. The molecule has 1 atom stereocenters. The zero-order valence-corrected chi connectivity index (χ0v) is 15.4. The number of carboxylic acids is 1. The van der Waals surface area contributed by atoms with Crippen LogP contribution in [0, 0.1) is 0 Å². The number of aliphatic carboxylic acids is 1. The molecule has 1 N–H and O–H groups in total. The summed E-state index contributed by atoms with van der Waals surface area (Å²) >= 11 is 0. The third kappa shape index (κ3) is 14.4. The van der Waals surface area contributed by atoms with E-state index in [0.29, 0.717) is 6.42 Å². The van der Waals surface area contributed by atoms with Gasteiger partial charge < -0.3 is 15.2 Å². The Balaban J connectivity index is 0. The maximum Gasteiger partial charge on any atom is 1.00 e. The molecule has 0 fully saturated rings. The van der Waals surface area contributed by atoms with E-state index in [2.05, 4.69) is 12.2 Å². The SMILES string of the molecule is CCCCCCCCCCCC(=O)NC(C)C(=O)[O-].[Na+]. The normalized spacial score (nSPS) is 11.5. The average Bonchev–Trinajstić information content (AvgIpc) is 2.36. The van der Waals surface area contributed by atoms with Crippen LogP contribution in [0.1, 0.15) is 78.1 Å². The molecule has 0 bridgehead atoms. The van der Waals surface area contributed by atoms with Crippen molar-refractivity contribution in [2.75, 3.05) is 0 Å². The van der Waals surface area contributed by atoms with Gasteiger partial charge in [0.2, 0.25) is 5.91 Å². The zero-order chi connectivity index (χ0) is 14.5. The number of nitrogens with one attached hydrogen (secondary N) is 1. The first-order chi connectivity index (χ1) is 9.07. The van der Waals surface area contributed by atoms with Crippen LogP contribution in [-0.2, 0) is 9.59 Å². The molecule has 0 aliphatic carbocycles. The van der Waals surface area contributed by atoms with E-state index < -0.39 is 12.0 Å². The molecule has 0 aliphatic rings. The number of hydrogen-bond acceptors (Lipinski definition) is 3. The van der Waals surface area contributed by atoms with Gasteiger partial charge in [-0.3, -0.25) is 4.79 Å². The molecule has 0 spiro atoms. The Hall–Kier alpha value is -0.0600. The van der Waals surface area contributed by atoms with Crippen molar-refractivity contribution < 1.29 is 44.3 Å². The number of carbonyl (C=O) groups is 2. The maximum atomic E-state index is 11.4.